The monoisotopic (exact) mass is 274 g/mol. The smallest absolute Gasteiger partial charge is 0.491 e. The molecule has 0 saturated heterocycles. The van der Waals surface area contributed by atoms with E-state index in [1.165, 1.54) is 0 Å². The topological polar surface area (TPSA) is 18.5 Å². The van der Waals surface area contributed by atoms with Crippen LogP contribution >= 0.6 is 23.2 Å². The molecule has 0 unspecified atom stereocenters. The minimum atomic E-state index is -4.78. The Morgan fingerprint density at radius 2 is 1.69 bits per heavy atom. The van der Waals surface area contributed by atoms with Crippen LogP contribution in [0.5, 0.6) is 11.5 Å². The normalized spacial score (nSPS) is 11.4. The average molecular weight is 275 g/mol. The SMILES string of the molecule is CCOc1c(Cl)cc(OC(F)(F)F)cc1Cl. The largest absolute Gasteiger partial charge is 0.573 e. The van der Waals surface area contributed by atoms with Crippen LogP contribution in [0.2, 0.25) is 10.0 Å². The number of hydrogen-bond acceptors (Lipinski definition) is 2. The van der Waals surface area contributed by atoms with Crippen LogP contribution in [-0.2, 0) is 0 Å². The quantitative estimate of drug-likeness (QED) is 0.819. The Balaban J connectivity index is 3.00. The molecule has 0 spiro atoms. The number of hydrogen-bond donors (Lipinski definition) is 0. The van der Waals surface area contributed by atoms with Crippen molar-refractivity contribution >= 4 is 23.2 Å². The van der Waals surface area contributed by atoms with Crippen molar-refractivity contribution in [3.8, 4) is 11.5 Å². The first kappa shape index (κ1) is 13.3. The lowest BCUT2D eigenvalue weighted by Crippen LogP contribution is -2.17. The maximum absolute atomic E-state index is 11.9. The lowest BCUT2D eigenvalue weighted by atomic mass is 10.3. The van der Waals surface area contributed by atoms with Gasteiger partial charge in [0.25, 0.3) is 0 Å². The van der Waals surface area contributed by atoms with E-state index < -0.39 is 12.1 Å². The fourth-order valence-corrected chi connectivity index (χ4v) is 1.59. The fraction of sp³-hybridized carbons (Fsp3) is 0.333. The number of benzene rings is 1. The van der Waals surface area contributed by atoms with Crippen LogP contribution in [0, 0.1) is 0 Å². The molecule has 2 nitrogen and oxygen atoms in total. The first-order valence-corrected chi connectivity index (χ1v) is 4.96. The molecule has 1 aromatic carbocycles. The van der Waals surface area contributed by atoms with Crippen molar-refractivity contribution in [2.45, 2.75) is 13.3 Å². The first-order valence-electron chi connectivity index (χ1n) is 4.21. The van der Waals surface area contributed by atoms with Crippen molar-refractivity contribution in [1.82, 2.24) is 0 Å². The van der Waals surface area contributed by atoms with Crippen molar-refractivity contribution in [1.29, 1.82) is 0 Å². The minimum absolute atomic E-state index is 0.0337. The fourth-order valence-electron chi connectivity index (χ4n) is 1.01. The molecule has 90 valence electrons. The van der Waals surface area contributed by atoms with Crippen molar-refractivity contribution < 1.29 is 22.6 Å². The van der Waals surface area contributed by atoms with Crippen LogP contribution < -0.4 is 9.47 Å². The molecule has 0 amide bonds. The van der Waals surface area contributed by atoms with Gasteiger partial charge in [-0.25, -0.2) is 0 Å². The third-order valence-electron chi connectivity index (χ3n) is 1.49. The van der Waals surface area contributed by atoms with Gasteiger partial charge in [0.1, 0.15) is 5.75 Å². The Hall–Kier alpha value is -0.810. The second-order valence-electron chi connectivity index (χ2n) is 2.70. The lowest BCUT2D eigenvalue weighted by Gasteiger charge is -2.12. The number of alkyl halides is 3. The van der Waals surface area contributed by atoms with E-state index in [9.17, 15) is 13.2 Å². The zero-order valence-electron chi connectivity index (χ0n) is 8.07. The van der Waals surface area contributed by atoms with E-state index in [4.69, 9.17) is 27.9 Å². The molecule has 0 radical (unpaired) electrons. The summed E-state index contributed by atoms with van der Waals surface area (Å²) in [5.41, 5.74) is 0. The number of halogens is 5. The highest BCUT2D eigenvalue weighted by Gasteiger charge is 2.31. The van der Waals surface area contributed by atoms with E-state index in [1.807, 2.05) is 0 Å². The maximum atomic E-state index is 11.9. The second kappa shape index (κ2) is 5.01. The summed E-state index contributed by atoms with van der Waals surface area (Å²) in [5, 5.41) is -0.0674. The van der Waals surface area contributed by atoms with E-state index in [1.54, 1.807) is 6.92 Å². The molecule has 0 aliphatic heterocycles. The summed E-state index contributed by atoms with van der Waals surface area (Å²) in [6.45, 7) is 2.01. The first-order chi connectivity index (χ1) is 7.33. The summed E-state index contributed by atoms with van der Waals surface area (Å²) < 4.78 is 44.5. The molecule has 0 aliphatic rings. The van der Waals surface area contributed by atoms with Crippen LogP contribution in [0.1, 0.15) is 6.92 Å². The molecular weight excluding hydrogens is 268 g/mol. The summed E-state index contributed by atoms with van der Waals surface area (Å²) in [6.07, 6.45) is -4.78. The Morgan fingerprint density at radius 1 is 1.19 bits per heavy atom. The third-order valence-corrected chi connectivity index (χ3v) is 2.06. The maximum Gasteiger partial charge on any atom is 0.573 e. The Morgan fingerprint density at radius 3 is 2.06 bits per heavy atom. The lowest BCUT2D eigenvalue weighted by molar-refractivity contribution is -0.274. The van der Waals surface area contributed by atoms with Gasteiger partial charge in [-0.2, -0.15) is 0 Å². The Kier molecular flexibility index (Phi) is 4.15. The number of rotatable bonds is 3. The minimum Gasteiger partial charge on any atom is -0.491 e. The van der Waals surface area contributed by atoms with Crippen LogP contribution in [0.3, 0.4) is 0 Å². The van der Waals surface area contributed by atoms with Gasteiger partial charge in [0, 0.05) is 12.1 Å². The Labute approximate surface area is 99.9 Å². The second-order valence-corrected chi connectivity index (χ2v) is 3.51. The molecule has 0 heterocycles. The summed E-state index contributed by atoms with van der Waals surface area (Å²) in [7, 11) is 0. The summed E-state index contributed by atoms with van der Waals surface area (Å²) >= 11 is 11.4. The van der Waals surface area contributed by atoms with E-state index >= 15 is 0 Å². The van der Waals surface area contributed by atoms with E-state index in [2.05, 4.69) is 4.74 Å². The molecule has 0 N–H and O–H groups in total. The highest BCUT2D eigenvalue weighted by molar-refractivity contribution is 6.37. The molecule has 0 bridgehead atoms. The number of ether oxygens (including phenoxy) is 2. The summed E-state index contributed by atoms with van der Waals surface area (Å²) in [5.74, 6) is -0.341. The van der Waals surface area contributed by atoms with Gasteiger partial charge in [0.15, 0.2) is 5.75 Å². The van der Waals surface area contributed by atoms with Crippen LogP contribution in [-0.4, -0.2) is 13.0 Å². The molecule has 1 rings (SSSR count). The van der Waals surface area contributed by atoms with Crippen molar-refractivity contribution in [2.24, 2.45) is 0 Å². The van der Waals surface area contributed by atoms with Gasteiger partial charge in [0.2, 0.25) is 0 Å². The molecule has 7 heteroatoms. The van der Waals surface area contributed by atoms with Crippen molar-refractivity contribution in [2.75, 3.05) is 6.61 Å². The van der Waals surface area contributed by atoms with Gasteiger partial charge in [-0.15, -0.1) is 13.2 Å². The molecular formula is C9H7Cl2F3O2. The molecule has 0 aromatic heterocycles. The standard InChI is InChI=1S/C9H7Cl2F3O2/c1-2-15-8-6(10)3-5(4-7(8)11)16-9(12,13)14/h3-4H,2H2,1H3. The molecule has 0 saturated carbocycles. The van der Waals surface area contributed by atoms with Gasteiger partial charge in [-0.05, 0) is 6.92 Å². The van der Waals surface area contributed by atoms with E-state index in [0.717, 1.165) is 12.1 Å². The van der Waals surface area contributed by atoms with Crippen molar-refractivity contribution in [3.05, 3.63) is 22.2 Å². The van der Waals surface area contributed by atoms with Crippen molar-refractivity contribution in [3.63, 3.8) is 0 Å². The highest BCUT2D eigenvalue weighted by atomic mass is 35.5. The molecule has 1 aromatic rings. The van der Waals surface area contributed by atoms with Gasteiger partial charge in [-0.1, -0.05) is 23.2 Å². The van der Waals surface area contributed by atoms with Crippen LogP contribution in [0.25, 0.3) is 0 Å². The molecule has 0 fully saturated rings. The van der Waals surface area contributed by atoms with Gasteiger partial charge < -0.3 is 9.47 Å². The van der Waals surface area contributed by atoms with Crippen LogP contribution in [0.4, 0.5) is 13.2 Å². The van der Waals surface area contributed by atoms with E-state index in [-0.39, 0.29) is 15.8 Å². The van der Waals surface area contributed by atoms with Crippen LogP contribution in [0.15, 0.2) is 12.1 Å². The third kappa shape index (κ3) is 3.64. The highest BCUT2D eigenvalue weighted by Crippen LogP contribution is 2.38. The zero-order valence-corrected chi connectivity index (χ0v) is 9.58. The predicted molar refractivity (Wildman–Crippen MR) is 54.3 cm³/mol. The molecule has 16 heavy (non-hydrogen) atoms. The zero-order chi connectivity index (χ0) is 12.3. The molecule has 0 atom stereocenters. The summed E-state index contributed by atoms with van der Waals surface area (Å²) in [4.78, 5) is 0. The summed E-state index contributed by atoms with van der Waals surface area (Å²) in [6, 6.07) is 1.98. The van der Waals surface area contributed by atoms with Gasteiger partial charge in [-0.3, -0.25) is 0 Å². The van der Waals surface area contributed by atoms with Gasteiger partial charge >= 0.3 is 6.36 Å². The molecule has 0 aliphatic carbocycles. The Bertz CT molecular complexity index is 357. The predicted octanol–water partition coefficient (Wildman–Crippen LogP) is 4.29. The van der Waals surface area contributed by atoms with Gasteiger partial charge in [0.05, 0.1) is 16.7 Å². The average Bonchev–Trinajstić information content (AvgIpc) is 2.08. The van der Waals surface area contributed by atoms with E-state index in [0.29, 0.717) is 6.61 Å².